The second-order valence-corrected chi connectivity index (χ2v) is 22.4. The number of pyridine rings is 1. The van der Waals surface area contributed by atoms with E-state index >= 15 is 0 Å². The van der Waals surface area contributed by atoms with Gasteiger partial charge in [0.25, 0.3) is 6.33 Å². The molecule has 0 amide bonds. The van der Waals surface area contributed by atoms with Gasteiger partial charge in [0.15, 0.2) is 0 Å². The topological polar surface area (TPSA) is 26.6 Å². The van der Waals surface area contributed by atoms with Gasteiger partial charge in [-0.2, -0.15) is 5.56 Å². The van der Waals surface area contributed by atoms with Crippen molar-refractivity contribution < 1.29 is 39.3 Å². The van der Waals surface area contributed by atoms with Crippen LogP contribution in [0.3, 0.4) is 0 Å². The van der Waals surface area contributed by atoms with E-state index < -0.39 is 68.5 Å². The standard InChI is InChI=1S/C60H46N4Si.Pt/c1-60(2,3)43-34-35-61-57(37-43)64-51-26-13-12-22-48(51)49-32-30-42(36-54(49)64)45-23-17-29-56-58(45)50-38-44(31-33-55(50)65(56,4)5)62-39-63(53-28-15-14-27-52(53)62)59-46(40-18-8-6-9-19-40)24-16-25-47(59)41-20-10-7-11-21-41;/h6-35,37H,1-5H3;/q-2;/i6D,7D,8D,9D,10D,11D,18D,19D,20D,21D;. The molecule has 0 saturated carbocycles. The summed E-state index contributed by atoms with van der Waals surface area (Å²) in [5.74, 6) is 0.820. The first kappa shape index (κ1) is 31.9. The van der Waals surface area contributed by atoms with E-state index in [0.717, 1.165) is 49.9 Å². The molecule has 0 N–H and O–H groups in total. The Bertz CT molecular complexity index is 4150. The van der Waals surface area contributed by atoms with E-state index in [1.807, 2.05) is 41.1 Å². The molecule has 0 fully saturated rings. The number of imidazole rings is 1. The van der Waals surface area contributed by atoms with Crippen LogP contribution in [0.15, 0.2) is 188 Å². The zero-order valence-corrected chi connectivity index (χ0v) is 40.0. The summed E-state index contributed by atoms with van der Waals surface area (Å²) in [7, 11) is -2.32. The van der Waals surface area contributed by atoms with Gasteiger partial charge in [0.2, 0.25) is 0 Å². The Kier molecular flexibility index (Phi) is 7.68. The summed E-state index contributed by atoms with van der Waals surface area (Å²) in [6.07, 6.45) is 5.43. The van der Waals surface area contributed by atoms with Crippen molar-refractivity contribution in [1.82, 2.24) is 14.1 Å². The first-order valence-corrected chi connectivity index (χ1v) is 24.7. The smallest absolute Gasteiger partial charge is 0.268 e. The van der Waals surface area contributed by atoms with Gasteiger partial charge in [-0.1, -0.05) is 172 Å². The van der Waals surface area contributed by atoms with Crippen molar-refractivity contribution in [2.45, 2.75) is 39.3 Å². The molecule has 0 radical (unpaired) electrons. The number of hydrogen-bond acceptors (Lipinski definition) is 1. The van der Waals surface area contributed by atoms with Crippen LogP contribution in [-0.2, 0) is 26.5 Å². The molecule has 322 valence electrons. The maximum absolute atomic E-state index is 9.11. The molecule has 0 unspecified atom stereocenters. The van der Waals surface area contributed by atoms with Gasteiger partial charge < -0.3 is 9.13 Å². The molecule has 1 aliphatic heterocycles. The van der Waals surface area contributed by atoms with E-state index in [1.165, 1.54) is 15.9 Å². The normalized spacial score (nSPS) is 15.0. The predicted molar refractivity (Wildman–Crippen MR) is 271 cm³/mol. The van der Waals surface area contributed by atoms with Crippen LogP contribution in [0.2, 0.25) is 13.1 Å². The number of nitrogens with zero attached hydrogens (tertiary/aromatic N) is 4. The van der Waals surface area contributed by atoms with Gasteiger partial charge in [0, 0.05) is 32.8 Å². The molecule has 4 heterocycles. The number of fused-ring (bicyclic) bond motifs is 7. The van der Waals surface area contributed by atoms with E-state index in [-0.39, 0.29) is 54.4 Å². The van der Waals surface area contributed by atoms with Gasteiger partial charge in [-0.15, -0.1) is 69.5 Å². The molecule has 0 spiro atoms. The van der Waals surface area contributed by atoms with Crippen LogP contribution < -0.4 is 14.9 Å². The third-order valence-corrected chi connectivity index (χ3v) is 16.4. The minimum atomic E-state index is -2.32. The molecular weight excluding hydrogens is 1000 g/mol. The van der Waals surface area contributed by atoms with Gasteiger partial charge in [0.1, 0.15) is 5.82 Å². The first-order valence-electron chi connectivity index (χ1n) is 26.7. The number of hydrogen-bond donors (Lipinski definition) is 0. The number of para-hydroxylation sites is 4. The van der Waals surface area contributed by atoms with Crippen LogP contribution in [-0.4, -0.2) is 22.2 Å². The molecule has 12 rings (SSSR count). The van der Waals surface area contributed by atoms with Crippen molar-refractivity contribution in [3.8, 4) is 61.7 Å². The molecule has 0 bridgehead atoms. The molecular formula is C60H46N4PtSi-2. The molecule has 6 heteroatoms. The first-order chi connectivity index (χ1) is 35.8. The Balaban J connectivity index is 0.00000616. The zero-order chi connectivity index (χ0) is 52.7. The fourth-order valence-corrected chi connectivity index (χ4v) is 12.7. The van der Waals surface area contributed by atoms with Gasteiger partial charge in [-0.25, -0.2) is 4.98 Å². The number of rotatable bonds is 6. The fraction of sp³-hybridized carbons (Fsp3) is 0.100. The molecule has 1 aliphatic rings. The summed E-state index contributed by atoms with van der Waals surface area (Å²) in [5, 5.41) is 4.66. The minimum Gasteiger partial charge on any atom is -0.313 e. The molecule has 66 heavy (non-hydrogen) atoms. The third kappa shape index (κ3) is 6.59. The third-order valence-electron chi connectivity index (χ3n) is 12.9. The minimum absolute atomic E-state index is 0. The van der Waals surface area contributed by atoms with Gasteiger partial charge in [-0.05, 0) is 68.0 Å². The summed E-state index contributed by atoms with van der Waals surface area (Å²) in [6.45, 7) is 11.3. The monoisotopic (exact) mass is 1060 g/mol. The summed E-state index contributed by atoms with van der Waals surface area (Å²) >= 11 is 0. The Morgan fingerprint density at radius 3 is 2.03 bits per heavy atom. The summed E-state index contributed by atoms with van der Waals surface area (Å²) in [4.78, 5) is 4.92. The van der Waals surface area contributed by atoms with Crippen molar-refractivity contribution in [3.63, 3.8) is 0 Å². The van der Waals surface area contributed by atoms with E-state index in [1.54, 1.807) is 22.8 Å². The van der Waals surface area contributed by atoms with E-state index in [0.29, 0.717) is 16.7 Å². The molecule has 0 saturated heterocycles. The van der Waals surface area contributed by atoms with Crippen LogP contribution in [0.25, 0.3) is 94.5 Å². The molecule has 8 aromatic carbocycles. The Morgan fingerprint density at radius 1 is 0.636 bits per heavy atom. The summed E-state index contributed by atoms with van der Waals surface area (Å²) < 4.78 is 93.6. The summed E-state index contributed by atoms with van der Waals surface area (Å²) in [5.41, 5.74) is 9.25. The van der Waals surface area contributed by atoms with Gasteiger partial charge >= 0.3 is 0 Å². The van der Waals surface area contributed by atoms with Crippen molar-refractivity contribution >= 4 is 51.3 Å². The molecule has 0 atom stereocenters. The quantitative estimate of drug-likeness (QED) is 0.0926. The number of aromatic nitrogens is 4. The van der Waals surface area contributed by atoms with Gasteiger partial charge in [0.05, 0.1) is 38.5 Å². The van der Waals surface area contributed by atoms with E-state index in [2.05, 4.69) is 130 Å². The van der Waals surface area contributed by atoms with Crippen LogP contribution in [0.4, 0.5) is 0 Å². The van der Waals surface area contributed by atoms with Crippen LogP contribution in [0, 0.1) is 18.5 Å². The fourth-order valence-electron chi connectivity index (χ4n) is 9.70. The van der Waals surface area contributed by atoms with Crippen LogP contribution in [0.1, 0.15) is 40.0 Å². The molecule has 4 nitrogen and oxygen atoms in total. The Morgan fingerprint density at radius 2 is 1.30 bits per heavy atom. The second kappa shape index (κ2) is 15.9. The largest absolute Gasteiger partial charge is 0.313 e. The predicted octanol–water partition coefficient (Wildman–Crippen LogP) is 12.9. The van der Waals surface area contributed by atoms with E-state index in [9.17, 15) is 0 Å². The molecule has 11 aromatic rings. The summed E-state index contributed by atoms with van der Waals surface area (Å²) in [6, 6.07) is 42.8. The van der Waals surface area contributed by atoms with Gasteiger partial charge in [-0.3, -0.25) is 4.57 Å². The van der Waals surface area contributed by atoms with Crippen molar-refractivity contribution in [2.24, 2.45) is 0 Å². The van der Waals surface area contributed by atoms with Crippen molar-refractivity contribution in [2.75, 3.05) is 0 Å². The second-order valence-electron chi connectivity index (χ2n) is 18.1. The maximum atomic E-state index is 9.11. The maximum Gasteiger partial charge on any atom is 0.268 e. The number of benzene rings is 8. The van der Waals surface area contributed by atoms with Crippen LogP contribution >= 0.6 is 0 Å². The Labute approximate surface area is 415 Å². The average Bonchev–Trinajstić information content (AvgIpc) is 4.05. The van der Waals surface area contributed by atoms with Crippen LogP contribution in [0.5, 0.6) is 0 Å². The zero-order valence-electron chi connectivity index (χ0n) is 46.7. The molecule has 3 aromatic heterocycles. The van der Waals surface area contributed by atoms with Crippen molar-refractivity contribution in [3.05, 3.63) is 212 Å². The van der Waals surface area contributed by atoms with Crippen molar-refractivity contribution in [1.29, 1.82) is 0 Å². The van der Waals surface area contributed by atoms with E-state index in [4.69, 9.17) is 18.7 Å². The SMILES string of the molecule is [2H]c1c([2H])c([2H])c(-c2cccc(-c3c([2H])c([2H])c([2H])c([2H])c3[2H])c2-[n+]2[c-]n(-c3[c-]c4c(cc3)[Si](C)(C)c3cccc(-c5[c-]c6c(cc5)c5ccccc5n6-c5cc(C(C)(C)C)ccn5)c3-4)c3ccccc32)c([2H])c1[2H].[Pt]. The molecule has 0 aliphatic carbocycles. The Hall–Kier alpha value is -6.91. The average molecular weight is 1060 g/mol.